The molecule has 1 unspecified atom stereocenters. The molecule has 1 aromatic rings. The van der Waals surface area contributed by atoms with Crippen molar-refractivity contribution in [3.63, 3.8) is 0 Å². The highest BCUT2D eigenvalue weighted by atomic mass is 16.2. The first-order valence-electron chi connectivity index (χ1n) is 12.5. The number of rotatable bonds is 7. The Bertz CT molecular complexity index is 909. The molecule has 9 nitrogen and oxygen atoms in total. The first kappa shape index (κ1) is 24.2. The van der Waals surface area contributed by atoms with E-state index in [1.165, 1.54) is 6.42 Å². The van der Waals surface area contributed by atoms with Gasteiger partial charge in [-0.2, -0.15) is 5.01 Å². The molecule has 2 aliphatic heterocycles. The molecule has 4 rings (SSSR count). The van der Waals surface area contributed by atoms with Gasteiger partial charge in [-0.05, 0) is 37.7 Å². The van der Waals surface area contributed by atoms with Crippen molar-refractivity contribution in [3.05, 3.63) is 35.9 Å². The number of hydrogen-bond acceptors (Lipinski definition) is 5. The van der Waals surface area contributed by atoms with Crippen LogP contribution in [0.2, 0.25) is 0 Å². The number of hydrogen-bond donors (Lipinski definition) is 3. The third-order valence-corrected chi connectivity index (χ3v) is 7.40. The molecule has 3 fully saturated rings. The van der Waals surface area contributed by atoms with Crippen LogP contribution in [0.5, 0.6) is 0 Å². The van der Waals surface area contributed by atoms with Crippen molar-refractivity contribution in [1.29, 1.82) is 0 Å². The minimum atomic E-state index is -1.18. The van der Waals surface area contributed by atoms with Crippen molar-refractivity contribution in [1.82, 2.24) is 26.0 Å². The van der Waals surface area contributed by atoms with Crippen LogP contribution in [0.15, 0.2) is 30.3 Å². The van der Waals surface area contributed by atoms with Gasteiger partial charge in [0, 0.05) is 25.0 Å². The van der Waals surface area contributed by atoms with Gasteiger partial charge in [-0.25, -0.2) is 4.79 Å². The third kappa shape index (κ3) is 5.09. The van der Waals surface area contributed by atoms with E-state index in [0.717, 1.165) is 43.5 Å². The van der Waals surface area contributed by atoms with E-state index in [2.05, 4.69) is 16.1 Å². The molecule has 1 aliphatic carbocycles. The second kappa shape index (κ2) is 10.5. The Morgan fingerprint density at radius 1 is 1.03 bits per heavy atom. The SMILES string of the molecule is CCC1(c2ccccc2)NC(=O)N(NC(=O)CN2CCC(NC(=O)C3CCCCC3)CC2)C1=O. The topological polar surface area (TPSA) is 111 Å². The maximum absolute atomic E-state index is 13.1. The first-order chi connectivity index (χ1) is 16.4. The molecule has 1 atom stereocenters. The summed E-state index contributed by atoms with van der Waals surface area (Å²) in [5, 5.41) is 6.76. The summed E-state index contributed by atoms with van der Waals surface area (Å²) < 4.78 is 0. The van der Waals surface area contributed by atoms with Crippen LogP contribution < -0.4 is 16.1 Å². The number of nitrogens with one attached hydrogen (secondary N) is 3. The van der Waals surface area contributed by atoms with Crippen LogP contribution in [0.25, 0.3) is 0 Å². The quantitative estimate of drug-likeness (QED) is 0.529. The van der Waals surface area contributed by atoms with E-state index < -0.39 is 23.4 Å². The van der Waals surface area contributed by atoms with Gasteiger partial charge in [0.05, 0.1) is 6.54 Å². The summed E-state index contributed by atoms with van der Waals surface area (Å²) in [5.41, 5.74) is 2.00. The van der Waals surface area contributed by atoms with Gasteiger partial charge >= 0.3 is 6.03 Å². The van der Waals surface area contributed by atoms with E-state index in [0.29, 0.717) is 25.1 Å². The summed E-state index contributed by atoms with van der Waals surface area (Å²) in [5.74, 6) is -0.572. The van der Waals surface area contributed by atoms with E-state index in [4.69, 9.17) is 0 Å². The molecule has 9 heteroatoms. The fourth-order valence-corrected chi connectivity index (χ4v) is 5.32. The molecule has 184 valence electrons. The average Bonchev–Trinajstić information content (AvgIpc) is 3.11. The van der Waals surface area contributed by atoms with Crippen LogP contribution in [0.4, 0.5) is 4.79 Å². The van der Waals surface area contributed by atoms with E-state index in [9.17, 15) is 19.2 Å². The Balaban J connectivity index is 1.26. The molecule has 0 radical (unpaired) electrons. The van der Waals surface area contributed by atoms with Crippen molar-refractivity contribution in [2.75, 3.05) is 19.6 Å². The van der Waals surface area contributed by atoms with Gasteiger partial charge in [0.2, 0.25) is 5.91 Å². The fraction of sp³-hybridized carbons (Fsp3) is 0.600. The highest BCUT2D eigenvalue weighted by Gasteiger charge is 2.52. The number of carbonyl (C=O) groups excluding carboxylic acids is 4. The number of hydrazine groups is 1. The predicted octanol–water partition coefficient (Wildman–Crippen LogP) is 2.04. The van der Waals surface area contributed by atoms with Crippen LogP contribution in [-0.4, -0.2) is 59.3 Å². The standard InChI is InChI=1S/C25H35N5O4/c1-2-25(19-11-7-4-8-12-19)23(33)30(24(34)27-25)28-21(31)17-29-15-13-20(14-16-29)26-22(32)18-9-5-3-6-10-18/h4,7-8,11-12,18,20H,2-3,5-6,9-10,13-17H2,1H3,(H,26,32)(H,27,34)(H,28,31). The molecule has 34 heavy (non-hydrogen) atoms. The number of nitrogens with zero attached hydrogens (tertiary/aromatic N) is 2. The zero-order chi connectivity index (χ0) is 24.1. The van der Waals surface area contributed by atoms with Gasteiger partial charge in [0.25, 0.3) is 11.8 Å². The largest absolute Gasteiger partial charge is 0.353 e. The zero-order valence-electron chi connectivity index (χ0n) is 19.8. The van der Waals surface area contributed by atoms with Crippen LogP contribution in [0, 0.1) is 5.92 Å². The van der Waals surface area contributed by atoms with Crippen LogP contribution in [0.1, 0.15) is 63.9 Å². The summed E-state index contributed by atoms with van der Waals surface area (Å²) in [7, 11) is 0. The monoisotopic (exact) mass is 469 g/mol. The maximum Gasteiger partial charge on any atom is 0.344 e. The molecule has 5 amide bonds. The lowest BCUT2D eigenvalue weighted by Gasteiger charge is -2.33. The van der Waals surface area contributed by atoms with E-state index in [1.807, 2.05) is 30.0 Å². The van der Waals surface area contributed by atoms with Crippen molar-refractivity contribution in [2.45, 2.75) is 69.9 Å². The molecular weight excluding hydrogens is 434 g/mol. The highest BCUT2D eigenvalue weighted by molar-refractivity contribution is 6.08. The van der Waals surface area contributed by atoms with Gasteiger partial charge in [0.1, 0.15) is 5.54 Å². The summed E-state index contributed by atoms with van der Waals surface area (Å²) >= 11 is 0. The number of piperidine rings is 1. The van der Waals surface area contributed by atoms with Crippen LogP contribution >= 0.6 is 0 Å². The normalized spacial score (nSPS) is 24.7. The van der Waals surface area contributed by atoms with E-state index >= 15 is 0 Å². The lowest BCUT2D eigenvalue weighted by molar-refractivity contribution is -0.140. The summed E-state index contributed by atoms with van der Waals surface area (Å²) in [6.07, 6.45) is 7.38. The lowest BCUT2D eigenvalue weighted by atomic mass is 9.87. The highest BCUT2D eigenvalue weighted by Crippen LogP contribution is 2.31. The molecule has 1 aromatic carbocycles. The average molecular weight is 470 g/mol. The molecule has 1 saturated carbocycles. The van der Waals surface area contributed by atoms with Gasteiger partial charge in [-0.1, -0.05) is 56.5 Å². The summed E-state index contributed by atoms with van der Waals surface area (Å²) in [6, 6.07) is 8.57. The zero-order valence-corrected chi connectivity index (χ0v) is 19.8. The molecular formula is C25H35N5O4. The fourth-order valence-electron chi connectivity index (χ4n) is 5.32. The predicted molar refractivity (Wildman–Crippen MR) is 126 cm³/mol. The van der Waals surface area contributed by atoms with E-state index in [-0.39, 0.29) is 24.4 Å². The number of imide groups is 1. The van der Waals surface area contributed by atoms with Crippen molar-refractivity contribution < 1.29 is 19.2 Å². The molecule has 0 bridgehead atoms. The maximum atomic E-state index is 13.1. The Morgan fingerprint density at radius 2 is 1.71 bits per heavy atom. The number of likely N-dealkylation sites (tertiary alicyclic amines) is 1. The molecule has 3 N–H and O–H groups in total. The van der Waals surface area contributed by atoms with Gasteiger partial charge in [0.15, 0.2) is 0 Å². The summed E-state index contributed by atoms with van der Waals surface area (Å²) in [6.45, 7) is 3.26. The molecule has 0 aromatic heterocycles. The molecule has 2 heterocycles. The smallest absolute Gasteiger partial charge is 0.344 e. The van der Waals surface area contributed by atoms with Crippen LogP contribution in [0.3, 0.4) is 0 Å². The Kier molecular flexibility index (Phi) is 7.50. The van der Waals surface area contributed by atoms with E-state index in [1.54, 1.807) is 12.1 Å². The molecule has 2 saturated heterocycles. The first-order valence-corrected chi connectivity index (χ1v) is 12.5. The number of urea groups is 1. The molecule has 3 aliphatic rings. The number of amides is 5. The Morgan fingerprint density at radius 3 is 2.35 bits per heavy atom. The lowest BCUT2D eigenvalue weighted by Crippen LogP contribution is -2.53. The minimum absolute atomic E-state index is 0.0881. The molecule has 0 spiro atoms. The van der Waals surface area contributed by atoms with Crippen molar-refractivity contribution in [2.24, 2.45) is 5.92 Å². The van der Waals surface area contributed by atoms with Gasteiger partial charge < -0.3 is 10.6 Å². The summed E-state index contributed by atoms with van der Waals surface area (Å²) in [4.78, 5) is 52.9. The van der Waals surface area contributed by atoms with Crippen molar-refractivity contribution >= 4 is 23.8 Å². The minimum Gasteiger partial charge on any atom is -0.353 e. The van der Waals surface area contributed by atoms with Crippen molar-refractivity contribution in [3.8, 4) is 0 Å². The Hall–Kier alpha value is -2.94. The Labute approximate surface area is 200 Å². The van der Waals surface area contributed by atoms with Gasteiger partial charge in [-0.15, -0.1) is 0 Å². The third-order valence-electron chi connectivity index (χ3n) is 7.40. The number of benzene rings is 1. The second-order valence-electron chi connectivity index (χ2n) is 9.62. The second-order valence-corrected chi connectivity index (χ2v) is 9.62. The van der Waals surface area contributed by atoms with Crippen LogP contribution in [-0.2, 0) is 19.9 Å². The van der Waals surface area contributed by atoms with Gasteiger partial charge in [-0.3, -0.25) is 24.7 Å². The number of carbonyl (C=O) groups is 4.